The zero-order chi connectivity index (χ0) is 32.6. The van der Waals surface area contributed by atoms with Crippen LogP contribution in [-0.4, -0.2) is 47.3 Å². The van der Waals surface area contributed by atoms with Gasteiger partial charge >= 0.3 is 0 Å². The molecule has 5 nitrogen and oxygen atoms in total. The lowest BCUT2D eigenvalue weighted by Gasteiger charge is -2.32. The first-order valence-corrected chi connectivity index (χ1v) is 17.8. The Kier molecular flexibility index (Phi) is 11.4. The van der Waals surface area contributed by atoms with E-state index in [1.807, 2.05) is 37.7 Å². The van der Waals surface area contributed by atoms with E-state index in [9.17, 15) is 0 Å². The molecule has 6 heteroatoms. The minimum Gasteiger partial charge on any atom is -0.493 e. The molecule has 2 aliphatic heterocycles. The summed E-state index contributed by atoms with van der Waals surface area (Å²) in [6, 6.07) is 40.1. The quantitative estimate of drug-likeness (QED) is 0.144. The second-order valence-electron chi connectivity index (χ2n) is 13.5. The summed E-state index contributed by atoms with van der Waals surface area (Å²) < 4.78 is 33.4. The van der Waals surface area contributed by atoms with Gasteiger partial charge in [0, 0.05) is 10.5 Å². The first-order valence-electron chi connectivity index (χ1n) is 16.9. The Morgan fingerprint density at radius 1 is 0.596 bits per heavy atom. The summed E-state index contributed by atoms with van der Waals surface area (Å²) in [6.45, 7) is 10.1. The molecule has 0 aliphatic carbocycles. The molecular weight excluding hydrogens is 605 g/mol. The summed E-state index contributed by atoms with van der Waals surface area (Å²) in [5.74, 6) is 0.611. The van der Waals surface area contributed by atoms with Gasteiger partial charge in [0.1, 0.15) is 18.0 Å². The van der Waals surface area contributed by atoms with E-state index in [1.165, 1.54) is 11.1 Å². The largest absolute Gasteiger partial charge is 0.493 e. The Hall–Kier alpha value is -3.13. The molecule has 4 aromatic rings. The van der Waals surface area contributed by atoms with E-state index in [0.29, 0.717) is 25.7 Å². The van der Waals surface area contributed by atoms with Crippen LogP contribution < -0.4 is 4.74 Å². The molecule has 0 bridgehead atoms. The van der Waals surface area contributed by atoms with E-state index >= 15 is 0 Å². The van der Waals surface area contributed by atoms with Crippen molar-refractivity contribution in [2.24, 2.45) is 5.92 Å². The highest BCUT2D eigenvalue weighted by molar-refractivity contribution is 8.00. The average molecular weight is 653 g/mol. The lowest BCUT2D eigenvalue weighted by atomic mass is 9.94. The molecule has 2 saturated heterocycles. The highest BCUT2D eigenvalue weighted by atomic mass is 32.2. The van der Waals surface area contributed by atoms with Crippen LogP contribution >= 0.6 is 11.8 Å². The van der Waals surface area contributed by atoms with Gasteiger partial charge in [0.2, 0.25) is 0 Å². The number of fused-ring (bicyclic) bond motifs is 1. The van der Waals surface area contributed by atoms with Crippen LogP contribution in [-0.2, 0) is 45.0 Å². The van der Waals surface area contributed by atoms with Gasteiger partial charge in [-0.2, -0.15) is 0 Å². The van der Waals surface area contributed by atoms with Crippen molar-refractivity contribution in [3.63, 3.8) is 0 Å². The summed E-state index contributed by atoms with van der Waals surface area (Å²) in [7, 11) is 0. The van der Waals surface area contributed by atoms with E-state index in [2.05, 4.69) is 117 Å². The van der Waals surface area contributed by atoms with Crippen molar-refractivity contribution in [2.75, 3.05) is 6.61 Å². The molecule has 248 valence electrons. The molecule has 0 amide bonds. The van der Waals surface area contributed by atoms with Crippen LogP contribution in [0.5, 0.6) is 5.75 Å². The standard InChI is InChI=1S/C41H48O5S/c1-29(2)26-42-34-22-20-31(21-23-34)25-36-38(44-28-33-18-12-7-13-19-33)40-39(45-41(3,4)46-40)37(43-27-32-16-10-6-11-17-32)35(47-36)24-30-14-8-5-9-15-30/h5-23,29,35-40H,24-28H2,1-4H3/t35?,36-,37+,38+,39+,40+/m1/s1. The van der Waals surface area contributed by atoms with Crippen LogP contribution in [0.1, 0.15) is 49.9 Å². The third-order valence-corrected chi connectivity index (χ3v) is 10.3. The molecule has 1 unspecified atom stereocenters. The van der Waals surface area contributed by atoms with E-state index < -0.39 is 5.79 Å². The Morgan fingerprint density at radius 3 is 1.47 bits per heavy atom. The minimum atomic E-state index is -0.767. The molecule has 47 heavy (non-hydrogen) atoms. The maximum absolute atomic E-state index is 6.93. The number of rotatable bonds is 13. The fraction of sp³-hybridized carbons (Fsp3) is 0.415. The molecule has 0 spiro atoms. The van der Waals surface area contributed by atoms with Gasteiger partial charge in [-0.25, -0.2) is 0 Å². The van der Waals surface area contributed by atoms with Crippen molar-refractivity contribution in [2.45, 2.75) is 94.5 Å². The van der Waals surface area contributed by atoms with Crippen molar-refractivity contribution in [1.29, 1.82) is 0 Å². The molecule has 0 aromatic heterocycles. The summed E-state index contributed by atoms with van der Waals surface area (Å²) in [5.41, 5.74) is 4.80. The maximum atomic E-state index is 6.93. The third kappa shape index (κ3) is 9.27. The average Bonchev–Trinajstić information content (AvgIpc) is 3.35. The van der Waals surface area contributed by atoms with Gasteiger partial charge < -0.3 is 23.7 Å². The fourth-order valence-electron chi connectivity index (χ4n) is 6.46. The molecule has 6 atom stereocenters. The Labute approximate surface area is 284 Å². The van der Waals surface area contributed by atoms with Crippen molar-refractivity contribution >= 4 is 11.8 Å². The molecule has 4 aromatic carbocycles. The molecule has 0 N–H and O–H groups in total. The smallest absolute Gasteiger partial charge is 0.164 e. The fourth-order valence-corrected chi connectivity index (χ4v) is 8.26. The minimum absolute atomic E-state index is 0.0881. The van der Waals surface area contributed by atoms with Crippen LogP contribution in [0.25, 0.3) is 0 Å². The summed E-state index contributed by atoms with van der Waals surface area (Å²) in [4.78, 5) is 0. The Morgan fingerprint density at radius 2 is 1.02 bits per heavy atom. The number of hydrogen-bond acceptors (Lipinski definition) is 6. The summed E-state index contributed by atoms with van der Waals surface area (Å²) in [6.07, 6.45) is 0.619. The van der Waals surface area contributed by atoms with E-state index in [1.54, 1.807) is 0 Å². The lowest BCUT2D eigenvalue weighted by molar-refractivity contribution is -0.167. The second kappa shape index (κ2) is 15.8. The number of thioether (sulfide) groups is 1. The van der Waals surface area contributed by atoms with Gasteiger partial charge in [0.05, 0.1) is 32.0 Å². The Bertz CT molecular complexity index is 1500. The predicted molar refractivity (Wildman–Crippen MR) is 190 cm³/mol. The molecule has 0 saturated carbocycles. The molecule has 2 aliphatic rings. The van der Waals surface area contributed by atoms with Crippen LogP contribution in [0.15, 0.2) is 115 Å². The predicted octanol–water partition coefficient (Wildman–Crippen LogP) is 8.68. The molecule has 2 fully saturated rings. The number of ether oxygens (including phenoxy) is 5. The van der Waals surface area contributed by atoms with Gasteiger partial charge in [0.15, 0.2) is 5.79 Å². The van der Waals surface area contributed by atoms with Crippen LogP contribution in [0.4, 0.5) is 0 Å². The van der Waals surface area contributed by atoms with Crippen molar-refractivity contribution in [3.8, 4) is 5.75 Å². The molecule has 6 rings (SSSR count). The maximum Gasteiger partial charge on any atom is 0.164 e. The van der Waals surface area contributed by atoms with Crippen molar-refractivity contribution in [1.82, 2.24) is 0 Å². The van der Waals surface area contributed by atoms with Crippen LogP contribution in [0.3, 0.4) is 0 Å². The van der Waals surface area contributed by atoms with E-state index in [4.69, 9.17) is 23.7 Å². The van der Waals surface area contributed by atoms with Gasteiger partial charge in [-0.15, -0.1) is 11.8 Å². The SMILES string of the molecule is CC(C)COc1ccc(C[C@H]2SC(Cc3ccccc3)[C@H](OCc3ccccc3)[C@@H]3OC(C)(C)O[C@H]3[C@H]2OCc2ccccc2)cc1. The van der Waals surface area contributed by atoms with E-state index in [0.717, 1.165) is 29.7 Å². The van der Waals surface area contributed by atoms with Crippen molar-refractivity contribution in [3.05, 3.63) is 138 Å². The molecule has 2 heterocycles. The van der Waals surface area contributed by atoms with Gasteiger partial charge in [-0.3, -0.25) is 0 Å². The van der Waals surface area contributed by atoms with Gasteiger partial charge in [-0.05, 0) is 67.0 Å². The van der Waals surface area contributed by atoms with E-state index in [-0.39, 0.29) is 34.9 Å². The first kappa shape index (κ1) is 33.8. The molecule has 0 radical (unpaired) electrons. The third-order valence-electron chi connectivity index (χ3n) is 8.69. The molecular formula is C41H48O5S. The van der Waals surface area contributed by atoms with Gasteiger partial charge in [-0.1, -0.05) is 117 Å². The summed E-state index contributed by atoms with van der Waals surface area (Å²) in [5, 5.41) is 0.195. The highest BCUT2D eigenvalue weighted by Gasteiger charge is 2.55. The highest BCUT2D eigenvalue weighted by Crippen LogP contribution is 2.45. The number of benzene rings is 4. The first-order chi connectivity index (χ1) is 22.8. The van der Waals surface area contributed by atoms with Crippen LogP contribution in [0.2, 0.25) is 0 Å². The number of hydrogen-bond donors (Lipinski definition) is 0. The summed E-state index contributed by atoms with van der Waals surface area (Å²) >= 11 is 1.96. The normalized spacial score (nSPS) is 25.3. The monoisotopic (exact) mass is 652 g/mol. The lowest BCUT2D eigenvalue weighted by Crippen LogP contribution is -2.47. The second-order valence-corrected chi connectivity index (χ2v) is 15.0. The van der Waals surface area contributed by atoms with Crippen LogP contribution in [0, 0.1) is 5.92 Å². The zero-order valence-corrected chi connectivity index (χ0v) is 28.8. The Balaban J connectivity index is 1.35. The zero-order valence-electron chi connectivity index (χ0n) is 28.0. The topological polar surface area (TPSA) is 46.2 Å². The van der Waals surface area contributed by atoms with Crippen molar-refractivity contribution < 1.29 is 23.7 Å². The van der Waals surface area contributed by atoms with Gasteiger partial charge in [0.25, 0.3) is 0 Å².